The maximum absolute atomic E-state index is 13.2. The molecule has 0 radical (unpaired) electrons. The van der Waals surface area contributed by atoms with Crippen LogP contribution < -0.4 is 20.5 Å². The van der Waals surface area contributed by atoms with Gasteiger partial charge >= 0.3 is 5.69 Å². The molecule has 0 aliphatic carbocycles. The largest absolute Gasteiger partial charge is 0.454 e. The summed E-state index contributed by atoms with van der Waals surface area (Å²) in [6.07, 6.45) is 0. The lowest BCUT2D eigenvalue weighted by atomic mass is 10.2. The van der Waals surface area contributed by atoms with E-state index in [0.717, 1.165) is 0 Å². The molecule has 7 nitrogen and oxygen atoms in total. The number of ether oxygens (including phenoxy) is 2. The molecule has 4 rings (SSSR count). The maximum atomic E-state index is 13.2. The normalized spacial score (nSPS) is 12.5. The van der Waals surface area contributed by atoms with Gasteiger partial charge in [0.2, 0.25) is 12.7 Å². The average Bonchev–Trinajstić information content (AvgIpc) is 3.11. The number of hydrogen-bond donors (Lipinski definition) is 2. The van der Waals surface area contributed by atoms with Crippen LogP contribution in [0.25, 0.3) is 11.0 Å². The third-order valence-corrected chi connectivity index (χ3v) is 3.69. The number of aromatic amines is 1. The van der Waals surface area contributed by atoms with Crippen molar-refractivity contribution in [2.24, 2.45) is 0 Å². The van der Waals surface area contributed by atoms with Gasteiger partial charge in [0.15, 0.2) is 11.5 Å². The molecule has 0 saturated heterocycles. The molecule has 1 aliphatic rings. The van der Waals surface area contributed by atoms with Gasteiger partial charge in [-0.05, 0) is 30.3 Å². The molecule has 0 spiro atoms. The Bertz CT molecular complexity index is 1010. The van der Waals surface area contributed by atoms with Crippen molar-refractivity contribution in [1.82, 2.24) is 9.55 Å². The number of anilines is 1. The number of benzene rings is 2. The molecule has 0 saturated carbocycles. The zero-order valence-corrected chi connectivity index (χ0v) is 12.3. The minimum absolute atomic E-state index is 0.147. The number of H-pyrrole nitrogens is 1. The highest BCUT2D eigenvalue weighted by Crippen LogP contribution is 2.34. The van der Waals surface area contributed by atoms with Crippen LogP contribution in [0.5, 0.6) is 11.5 Å². The Morgan fingerprint density at radius 1 is 1.21 bits per heavy atom. The Hall–Kier alpha value is -3.29. The molecular weight excluding hydrogens is 317 g/mol. The highest BCUT2D eigenvalue weighted by atomic mass is 19.1. The Morgan fingerprint density at radius 2 is 2.04 bits per heavy atom. The number of amides is 1. The van der Waals surface area contributed by atoms with Crippen molar-refractivity contribution in [2.45, 2.75) is 6.54 Å². The van der Waals surface area contributed by atoms with Gasteiger partial charge in [0.25, 0.3) is 0 Å². The van der Waals surface area contributed by atoms with Crippen molar-refractivity contribution in [1.29, 1.82) is 0 Å². The van der Waals surface area contributed by atoms with Crippen LogP contribution in [0.4, 0.5) is 10.1 Å². The smallest absolute Gasteiger partial charge is 0.326 e. The van der Waals surface area contributed by atoms with Crippen molar-refractivity contribution < 1.29 is 18.7 Å². The fraction of sp³-hybridized carbons (Fsp3) is 0.125. The summed E-state index contributed by atoms with van der Waals surface area (Å²) in [6, 6.07) is 8.92. The number of imidazole rings is 1. The van der Waals surface area contributed by atoms with Gasteiger partial charge < -0.3 is 19.8 Å². The first kappa shape index (κ1) is 14.3. The number of aromatic nitrogens is 2. The van der Waals surface area contributed by atoms with E-state index in [1.54, 1.807) is 18.2 Å². The maximum Gasteiger partial charge on any atom is 0.326 e. The molecule has 2 heterocycles. The highest BCUT2D eigenvalue weighted by molar-refractivity contribution is 5.92. The lowest BCUT2D eigenvalue weighted by molar-refractivity contribution is -0.116. The molecule has 8 heteroatoms. The number of nitrogens with one attached hydrogen (secondary N) is 2. The topological polar surface area (TPSA) is 85.4 Å². The molecule has 2 N–H and O–H groups in total. The van der Waals surface area contributed by atoms with E-state index in [-0.39, 0.29) is 19.2 Å². The van der Waals surface area contributed by atoms with Crippen LogP contribution >= 0.6 is 0 Å². The first-order valence-electron chi connectivity index (χ1n) is 7.18. The summed E-state index contributed by atoms with van der Waals surface area (Å²) in [6.45, 7) is -0.0487. The van der Waals surface area contributed by atoms with Gasteiger partial charge in [-0.1, -0.05) is 0 Å². The minimum atomic E-state index is -0.476. The van der Waals surface area contributed by atoms with E-state index < -0.39 is 11.5 Å². The summed E-state index contributed by atoms with van der Waals surface area (Å²) >= 11 is 0. The number of hydrogen-bond acceptors (Lipinski definition) is 4. The van der Waals surface area contributed by atoms with Crippen LogP contribution in [0.15, 0.2) is 41.2 Å². The van der Waals surface area contributed by atoms with Crippen LogP contribution in [0.1, 0.15) is 0 Å². The number of carbonyl (C=O) groups excluding carboxylic acids is 1. The van der Waals surface area contributed by atoms with Gasteiger partial charge in [0, 0.05) is 11.8 Å². The molecule has 2 aromatic carbocycles. The predicted molar refractivity (Wildman–Crippen MR) is 83.7 cm³/mol. The molecule has 1 amide bonds. The second-order valence-electron chi connectivity index (χ2n) is 5.29. The number of halogens is 1. The molecule has 0 atom stereocenters. The zero-order valence-electron chi connectivity index (χ0n) is 12.3. The number of rotatable bonds is 3. The second kappa shape index (κ2) is 5.41. The van der Waals surface area contributed by atoms with Crippen molar-refractivity contribution in [3.8, 4) is 11.5 Å². The van der Waals surface area contributed by atoms with Crippen LogP contribution in [-0.4, -0.2) is 22.3 Å². The Kier molecular flexibility index (Phi) is 3.23. The zero-order chi connectivity index (χ0) is 16.7. The fourth-order valence-electron chi connectivity index (χ4n) is 2.61. The SMILES string of the molecule is O=C(Cn1c(=O)[nH]c2cc(F)ccc21)Nc1ccc2c(c1)OCO2. The summed E-state index contributed by atoms with van der Waals surface area (Å²) in [4.78, 5) is 26.7. The molecular formula is C16H12FN3O4. The summed E-state index contributed by atoms with van der Waals surface area (Å²) in [5.74, 6) is 0.317. The number of nitrogens with zero attached hydrogens (tertiary/aromatic N) is 1. The van der Waals surface area contributed by atoms with E-state index in [0.29, 0.717) is 28.2 Å². The van der Waals surface area contributed by atoms with Gasteiger partial charge in [0.1, 0.15) is 12.4 Å². The van der Waals surface area contributed by atoms with Crippen molar-refractivity contribution in [3.63, 3.8) is 0 Å². The van der Waals surface area contributed by atoms with E-state index >= 15 is 0 Å². The van der Waals surface area contributed by atoms with E-state index in [1.165, 1.54) is 22.8 Å². The molecule has 1 aliphatic heterocycles. The van der Waals surface area contributed by atoms with Crippen molar-refractivity contribution in [2.75, 3.05) is 12.1 Å². The predicted octanol–water partition coefficient (Wildman–Crippen LogP) is 1.84. The van der Waals surface area contributed by atoms with Crippen LogP contribution in [0, 0.1) is 5.82 Å². The van der Waals surface area contributed by atoms with Crippen LogP contribution in [0.2, 0.25) is 0 Å². The quantitative estimate of drug-likeness (QED) is 0.768. The van der Waals surface area contributed by atoms with E-state index in [2.05, 4.69) is 10.3 Å². The molecule has 0 unspecified atom stereocenters. The van der Waals surface area contributed by atoms with E-state index in [9.17, 15) is 14.0 Å². The second-order valence-corrected chi connectivity index (χ2v) is 5.29. The molecule has 0 bridgehead atoms. The van der Waals surface area contributed by atoms with Gasteiger partial charge in [-0.2, -0.15) is 0 Å². The summed E-state index contributed by atoms with van der Waals surface area (Å²) < 4.78 is 24.9. The molecule has 1 aromatic heterocycles. The van der Waals surface area contributed by atoms with Gasteiger partial charge in [-0.3, -0.25) is 9.36 Å². The third-order valence-electron chi connectivity index (χ3n) is 3.69. The molecule has 3 aromatic rings. The van der Waals surface area contributed by atoms with Crippen molar-refractivity contribution in [3.05, 3.63) is 52.7 Å². The number of fused-ring (bicyclic) bond motifs is 2. The van der Waals surface area contributed by atoms with Crippen LogP contribution in [-0.2, 0) is 11.3 Å². The fourth-order valence-corrected chi connectivity index (χ4v) is 2.61. The lowest BCUT2D eigenvalue weighted by Gasteiger charge is -2.07. The van der Waals surface area contributed by atoms with Crippen molar-refractivity contribution >= 4 is 22.6 Å². The number of carbonyl (C=O) groups is 1. The summed E-state index contributed by atoms with van der Waals surface area (Å²) in [5.41, 5.74) is 0.859. The summed E-state index contributed by atoms with van der Waals surface area (Å²) in [5, 5.41) is 2.69. The van der Waals surface area contributed by atoms with Gasteiger partial charge in [-0.15, -0.1) is 0 Å². The Balaban J connectivity index is 1.56. The molecule has 0 fully saturated rings. The third kappa shape index (κ3) is 2.47. The minimum Gasteiger partial charge on any atom is -0.454 e. The van der Waals surface area contributed by atoms with Crippen LogP contribution in [0.3, 0.4) is 0 Å². The Morgan fingerprint density at radius 3 is 2.92 bits per heavy atom. The molecule has 24 heavy (non-hydrogen) atoms. The van der Waals surface area contributed by atoms with Gasteiger partial charge in [0.05, 0.1) is 11.0 Å². The standard InChI is InChI=1S/C16H12FN3O4/c17-9-1-3-12-11(5-9)19-16(22)20(12)7-15(21)18-10-2-4-13-14(6-10)24-8-23-13/h1-6H,7-8H2,(H,18,21)(H,19,22). The monoisotopic (exact) mass is 329 g/mol. The molecule has 122 valence electrons. The highest BCUT2D eigenvalue weighted by Gasteiger charge is 2.15. The summed E-state index contributed by atoms with van der Waals surface area (Å²) in [7, 11) is 0. The van der Waals surface area contributed by atoms with E-state index in [1.807, 2.05) is 0 Å². The van der Waals surface area contributed by atoms with Gasteiger partial charge in [-0.25, -0.2) is 9.18 Å². The average molecular weight is 329 g/mol. The Labute approximate surface area is 134 Å². The first-order chi connectivity index (χ1) is 11.6. The van der Waals surface area contributed by atoms with E-state index in [4.69, 9.17) is 9.47 Å². The first-order valence-corrected chi connectivity index (χ1v) is 7.18. The lowest BCUT2D eigenvalue weighted by Crippen LogP contribution is -2.25.